The molecule has 2 aromatic carbocycles. The number of hydrogen-bond donors (Lipinski definition) is 1. The van der Waals surface area contributed by atoms with Gasteiger partial charge in [0, 0.05) is 47.4 Å². The van der Waals surface area contributed by atoms with Gasteiger partial charge in [0.1, 0.15) is 0 Å². The standard InChI is InChI=1S/C45H59N3/c1-11-12-18-37-34(6)20-24-40-43(37)45(9,10)41(48(40)30-27-33(4)5)25-21-35(31-46)16-15-28-44(7,8)42-38-19-14-13-17-36(38)22-23-39(42)47-29-26-32(2)3/h11-25,32-33,37,43,47H,1,26-30H2,2-10H3/b16-15+,18-12-,35-21-,41-25+. The molecule has 0 amide bonds. The van der Waals surface area contributed by atoms with Crippen molar-refractivity contribution in [3.05, 3.63) is 126 Å². The zero-order chi connectivity index (χ0) is 35.1. The minimum absolute atomic E-state index is 0.107. The van der Waals surface area contributed by atoms with Gasteiger partial charge in [0.15, 0.2) is 0 Å². The molecule has 2 unspecified atom stereocenters. The highest BCUT2D eigenvalue weighted by atomic mass is 15.2. The van der Waals surface area contributed by atoms with E-state index in [0.29, 0.717) is 29.2 Å². The van der Waals surface area contributed by atoms with Crippen LogP contribution in [0.25, 0.3) is 10.8 Å². The van der Waals surface area contributed by atoms with E-state index in [4.69, 9.17) is 0 Å². The number of rotatable bonds is 14. The van der Waals surface area contributed by atoms with Gasteiger partial charge in [0.05, 0.1) is 11.6 Å². The Morgan fingerprint density at radius 1 is 1.06 bits per heavy atom. The van der Waals surface area contributed by atoms with Crippen molar-refractivity contribution in [2.45, 2.75) is 87.0 Å². The molecule has 1 heterocycles. The Balaban J connectivity index is 1.65. The van der Waals surface area contributed by atoms with Crippen LogP contribution in [-0.4, -0.2) is 18.0 Å². The average molecular weight is 642 g/mol. The molecule has 3 nitrogen and oxygen atoms in total. The molecule has 0 spiro atoms. The number of hydrogen-bond acceptors (Lipinski definition) is 3. The summed E-state index contributed by atoms with van der Waals surface area (Å²) in [5.74, 6) is 1.90. The van der Waals surface area contributed by atoms with Crippen molar-refractivity contribution in [3.8, 4) is 6.07 Å². The molecule has 1 fully saturated rings. The van der Waals surface area contributed by atoms with Crippen LogP contribution >= 0.6 is 0 Å². The molecule has 1 aliphatic heterocycles. The fourth-order valence-corrected chi connectivity index (χ4v) is 7.53. The Labute approximate surface area is 292 Å². The Kier molecular flexibility index (Phi) is 12.2. The molecule has 0 saturated carbocycles. The molecule has 0 radical (unpaired) electrons. The van der Waals surface area contributed by atoms with E-state index >= 15 is 0 Å². The molecule has 0 bridgehead atoms. The summed E-state index contributed by atoms with van der Waals surface area (Å²) in [6.07, 6.45) is 22.4. The molecule has 4 rings (SSSR count). The van der Waals surface area contributed by atoms with Crippen LogP contribution in [0.1, 0.15) is 87.1 Å². The maximum absolute atomic E-state index is 10.3. The van der Waals surface area contributed by atoms with E-state index in [9.17, 15) is 5.26 Å². The molecule has 48 heavy (non-hydrogen) atoms. The highest BCUT2D eigenvalue weighted by Gasteiger charge is 2.50. The molecule has 2 aliphatic rings. The first kappa shape index (κ1) is 36.8. The number of benzene rings is 2. The number of nitriles is 1. The fraction of sp³-hybridized carbons (Fsp3) is 0.444. The second-order valence-corrected chi connectivity index (χ2v) is 15.8. The van der Waals surface area contributed by atoms with E-state index in [1.165, 1.54) is 39.0 Å². The third-order valence-electron chi connectivity index (χ3n) is 10.3. The van der Waals surface area contributed by atoms with E-state index in [1.54, 1.807) is 0 Å². The van der Waals surface area contributed by atoms with Gasteiger partial charge < -0.3 is 10.2 Å². The van der Waals surface area contributed by atoms with Gasteiger partial charge in [-0.3, -0.25) is 0 Å². The zero-order valence-electron chi connectivity index (χ0n) is 31.1. The molecule has 2 aromatic rings. The number of likely N-dealkylation sites (tertiary alicyclic amines) is 1. The molecule has 3 heteroatoms. The minimum Gasteiger partial charge on any atom is -0.385 e. The van der Waals surface area contributed by atoms with Gasteiger partial charge in [-0.25, -0.2) is 0 Å². The summed E-state index contributed by atoms with van der Waals surface area (Å²) in [5, 5.41) is 16.6. The van der Waals surface area contributed by atoms with Crippen molar-refractivity contribution in [1.82, 2.24) is 4.90 Å². The summed E-state index contributed by atoms with van der Waals surface area (Å²) < 4.78 is 0. The third-order valence-corrected chi connectivity index (χ3v) is 10.3. The number of nitrogens with one attached hydrogen (secondary N) is 1. The number of allylic oxidation sites excluding steroid dienone is 13. The topological polar surface area (TPSA) is 39.1 Å². The summed E-state index contributed by atoms with van der Waals surface area (Å²) in [6.45, 7) is 26.6. The van der Waals surface area contributed by atoms with E-state index in [1.807, 2.05) is 18.2 Å². The summed E-state index contributed by atoms with van der Waals surface area (Å²) >= 11 is 0. The quantitative estimate of drug-likeness (QED) is 0.165. The van der Waals surface area contributed by atoms with Gasteiger partial charge in [0.2, 0.25) is 0 Å². The van der Waals surface area contributed by atoms with Crippen molar-refractivity contribution in [2.24, 2.45) is 29.1 Å². The van der Waals surface area contributed by atoms with E-state index in [0.717, 1.165) is 32.4 Å². The molecule has 1 aliphatic carbocycles. The predicted octanol–water partition coefficient (Wildman–Crippen LogP) is 12.1. The first-order chi connectivity index (χ1) is 22.8. The van der Waals surface area contributed by atoms with Crippen LogP contribution < -0.4 is 5.32 Å². The molecule has 1 saturated heterocycles. The Hall–Kier alpha value is -4.03. The lowest BCUT2D eigenvalue weighted by Crippen LogP contribution is -2.28. The zero-order valence-corrected chi connectivity index (χ0v) is 31.1. The van der Waals surface area contributed by atoms with Gasteiger partial charge in [-0.15, -0.1) is 0 Å². The number of anilines is 1. The van der Waals surface area contributed by atoms with Gasteiger partial charge >= 0.3 is 0 Å². The SMILES string of the molecule is C=C/C=C\C1C(C)=CC=C2C1C(C)(C)\C(=C/C=C(C#N)/C=C/CC(C)(C)c1c(NCCC(C)C)ccc3ccccc13)N2CCC(C)C. The Morgan fingerprint density at radius 2 is 1.79 bits per heavy atom. The maximum Gasteiger partial charge on any atom is 0.0991 e. The fourth-order valence-electron chi connectivity index (χ4n) is 7.53. The van der Waals surface area contributed by atoms with Crippen molar-refractivity contribution in [1.29, 1.82) is 5.26 Å². The molecule has 2 atom stereocenters. The van der Waals surface area contributed by atoms with Crippen LogP contribution in [0.4, 0.5) is 5.69 Å². The molecule has 0 aromatic heterocycles. The van der Waals surface area contributed by atoms with Crippen molar-refractivity contribution in [3.63, 3.8) is 0 Å². The molecule has 1 N–H and O–H groups in total. The normalized spacial score (nSPS) is 20.6. The van der Waals surface area contributed by atoms with Crippen LogP contribution in [0.15, 0.2) is 120 Å². The van der Waals surface area contributed by atoms with Crippen LogP contribution in [-0.2, 0) is 5.41 Å². The lowest BCUT2D eigenvalue weighted by molar-refractivity contribution is 0.293. The highest BCUT2D eigenvalue weighted by Crippen LogP contribution is 2.56. The Morgan fingerprint density at radius 3 is 2.48 bits per heavy atom. The van der Waals surface area contributed by atoms with Crippen LogP contribution in [0, 0.1) is 40.4 Å². The number of fused-ring (bicyclic) bond motifs is 2. The average Bonchev–Trinajstić information content (AvgIpc) is 3.25. The van der Waals surface area contributed by atoms with E-state index in [2.05, 4.69) is 158 Å². The predicted molar refractivity (Wildman–Crippen MR) is 209 cm³/mol. The lowest BCUT2D eigenvalue weighted by Gasteiger charge is -2.34. The van der Waals surface area contributed by atoms with Crippen LogP contribution in [0.2, 0.25) is 0 Å². The minimum atomic E-state index is -0.140. The number of nitrogens with zero attached hydrogens (tertiary/aromatic N) is 2. The first-order valence-corrected chi connectivity index (χ1v) is 18.0. The summed E-state index contributed by atoms with van der Waals surface area (Å²) in [4.78, 5) is 2.54. The highest BCUT2D eigenvalue weighted by molar-refractivity contribution is 5.91. The summed E-state index contributed by atoms with van der Waals surface area (Å²) in [6, 6.07) is 15.6. The maximum atomic E-state index is 10.3. The monoisotopic (exact) mass is 641 g/mol. The molecular weight excluding hydrogens is 583 g/mol. The summed E-state index contributed by atoms with van der Waals surface area (Å²) in [7, 11) is 0. The van der Waals surface area contributed by atoms with Gasteiger partial charge in [0.25, 0.3) is 0 Å². The van der Waals surface area contributed by atoms with Gasteiger partial charge in [-0.1, -0.05) is 128 Å². The van der Waals surface area contributed by atoms with Crippen molar-refractivity contribution >= 4 is 16.5 Å². The summed E-state index contributed by atoms with van der Waals surface area (Å²) in [5.41, 5.74) is 7.02. The largest absolute Gasteiger partial charge is 0.385 e. The Bertz CT molecular complexity index is 1680. The molecule has 254 valence electrons. The third kappa shape index (κ3) is 8.33. The van der Waals surface area contributed by atoms with E-state index < -0.39 is 0 Å². The lowest BCUT2D eigenvalue weighted by atomic mass is 9.67. The smallest absolute Gasteiger partial charge is 0.0991 e. The first-order valence-electron chi connectivity index (χ1n) is 18.0. The van der Waals surface area contributed by atoms with Gasteiger partial charge in [-0.05, 0) is 90.1 Å². The molecular formula is C45H59N3. The second-order valence-electron chi connectivity index (χ2n) is 15.8. The van der Waals surface area contributed by atoms with Crippen molar-refractivity contribution in [2.75, 3.05) is 18.4 Å². The van der Waals surface area contributed by atoms with Crippen LogP contribution in [0.5, 0.6) is 0 Å². The van der Waals surface area contributed by atoms with Crippen LogP contribution in [0.3, 0.4) is 0 Å². The van der Waals surface area contributed by atoms with E-state index in [-0.39, 0.29) is 10.8 Å². The van der Waals surface area contributed by atoms with Crippen molar-refractivity contribution < 1.29 is 0 Å². The van der Waals surface area contributed by atoms with Gasteiger partial charge in [-0.2, -0.15) is 5.26 Å². The second kappa shape index (κ2) is 15.9.